The van der Waals surface area contributed by atoms with Gasteiger partial charge in [-0.3, -0.25) is 4.79 Å². The summed E-state index contributed by atoms with van der Waals surface area (Å²) < 4.78 is 10.4. The number of rotatable bonds is 7. The molecule has 0 aliphatic carbocycles. The number of ether oxygens (including phenoxy) is 2. The van der Waals surface area contributed by atoms with E-state index in [1.54, 1.807) is 55.5 Å². The van der Waals surface area contributed by atoms with Crippen molar-refractivity contribution in [1.29, 1.82) is 0 Å². The third kappa shape index (κ3) is 4.94. The van der Waals surface area contributed by atoms with Crippen molar-refractivity contribution in [2.75, 3.05) is 18.5 Å². The van der Waals surface area contributed by atoms with Crippen LogP contribution in [-0.4, -0.2) is 25.1 Å². The third-order valence-corrected chi connectivity index (χ3v) is 3.48. The average Bonchev–Trinajstić information content (AvgIpc) is 2.62. The Balaban J connectivity index is 2.12. The molecule has 2 aromatic rings. The molecule has 0 unspecified atom stereocenters. The van der Waals surface area contributed by atoms with Crippen molar-refractivity contribution in [2.45, 2.75) is 13.8 Å². The van der Waals surface area contributed by atoms with Gasteiger partial charge in [-0.1, -0.05) is 18.7 Å². The normalized spacial score (nSPS) is 10.0. The summed E-state index contributed by atoms with van der Waals surface area (Å²) in [5.74, 6) is -0.0157. The zero-order valence-electron chi connectivity index (χ0n) is 14.4. The minimum absolute atomic E-state index is 0.264. The average molecular weight is 339 g/mol. The highest BCUT2D eigenvalue weighted by Gasteiger charge is 2.12. The molecule has 1 amide bonds. The predicted octanol–water partition coefficient (Wildman–Crippen LogP) is 3.99. The van der Waals surface area contributed by atoms with Crippen molar-refractivity contribution in [3.63, 3.8) is 0 Å². The lowest BCUT2D eigenvalue weighted by Crippen LogP contribution is -2.14. The Labute approximate surface area is 147 Å². The second-order valence-electron chi connectivity index (χ2n) is 5.33. The molecular weight excluding hydrogens is 318 g/mol. The van der Waals surface area contributed by atoms with Crippen molar-refractivity contribution >= 4 is 17.6 Å². The number of esters is 1. The summed E-state index contributed by atoms with van der Waals surface area (Å²) >= 11 is 0. The molecule has 0 radical (unpaired) electrons. The van der Waals surface area contributed by atoms with E-state index in [0.29, 0.717) is 35.8 Å². The van der Waals surface area contributed by atoms with Gasteiger partial charge in [-0.2, -0.15) is 0 Å². The largest absolute Gasteiger partial charge is 0.490 e. The van der Waals surface area contributed by atoms with Gasteiger partial charge in [0.1, 0.15) is 12.4 Å². The third-order valence-electron chi connectivity index (χ3n) is 3.48. The fourth-order valence-corrected chi connectivity index (χ4v) is 2.15. The molecule has 2 aromatic carbocycles. The van der Waals surface area contributed by atoms with Crippen LogP contribution in [0, 0.1) is 6.92 Å². The van der Waals surface area contributed by atoms with Crippen LogP contribution in [0.1, 0.15) is 33.2 Å². The second-order valence-corrected chi connectivity index (χ2v) is 5.33. The maximum absolute atomic E-state index is 12.4. The van der Waals surface area contributed by atoms with Crippen LogP contribution < -0.4 is 10.1 Å². The Kier molecular flexibility index (Phi) is 6.34. The van der Waals surface area contributed by atoms with E-state index in [-0.39, 0.29) is 5.91 Å². The number of carbonyl (C=O) groups excluding carboxylic acids is 2. The first kappa shape index (κ1) is 18.3. The highest BCUT2D eigenvalue weighted by molar-refractivity contribution is 6.05. The summed E-state index contributed by atoms with van der Waals surface area (Å²) in [5, 5.41) is 2.82. The molecule has 5 heteroatoms. The Bertz CT molecular complexity index is 766. The maximum atomic E-state index is 12.4. The summed E-state index contributed by atoms with van der Waals surface area (Å²) in [6.07, 6.45) is 1.65. The minimum Gasteiger partial charge on any atom is -0.490 e. The molecule has 0 atom stereocenters. The van der Waals surface area contributed by atoms with Crippen molar-refractivity contribution in [3.05, 3.63) is 71.8 Å². The highest BCUT2D eigenvalue weighted by atomic mass is 16.5. The van der Waals surface area contributed by atoms with Crippen LogP contribution in [0.4, 0.5) is 5.69 Å². The van der Waals surface area contributed by atoms with E-state index in [0.717, 1.165) is 5.56 Å². The number of anilines is 1. The molecule has 0 heterocycles. The number of carbonyl (C=O) groups is 2. The first-order valence-corrected chi connectivity index (χ1v) is 7.98. The van der Waals surface area contributed by atoms with Crippen LogP contribution in [0.3, 0.4) is 0 Å². The Morgan fingerprint density at radius 1 is 1.12 bits per heavy atom. The van der Waals surface area contributed by atoms with Gasteiger partial charge < -0.3 is 14.8 Å². The van der Waals surface area contributed by atoms with Gasteiger partial charge in [0.25, 0.3) is 5.91 Å². The smallest absolute Gasteiger partial charge is 0.338 e. The van der Waals surface area contributed by atoms with Crippen LogP contribution in [0.15, 0.2) is 55.1 Å². The monoisotopic (exact) mass is 339 g/mol. The summed E-state index contributed by atoms with van der Waals surface area (Å²) in [6.45, 7) is 7.90. The van der Waals surface area contributed by atoms with E-state index in [4.69, 9.17) is 9.47 Å². The van der Waals surface area contributed by atoms with Crippen molar-refractivity contribution in [2.24, 2.45) is 0 Å². The van der Waals surface area contributed by atoms with Gasteiger partial charge in [-0.05, 0) is 55.8 Å². The van der Waals surface area contributed by atoms with Gasteiger partial charge in [0.2, 0.25) is 0 Å². The van der Waals surface area contributed by atoms with Gasteiger partial charge in [0.15, 0.2) is 0 Å². The highest BCUT2D eigenvalue weighted by Crippen LogP contribution is 2.19. The lowest BCUT2D eigenvalue weighted by molar-refractivity contribution is 0.0526. The Morgan fingerprint density at radius 3 is 2.44 bits per heavy atom. The number of hydrogen-bond acceptors (Lipinski definition) is 4. The molecule has 5 nitrogen and oxygen atoms in total. The Hall–Kier alpha value is -3.08. The number of benzene rings is 2. The number of amides is 1. The summed E-state index contributed by atoms with van der Waals surface area (Å²) in [6, 6.07) is 11.9. The fraction of sp³-hybridized carbons (Fsp3) is 0.200. The van der Waals surface area contributed by atoms with Crippen LogP contribution in [0.25, 0.3) is 0 Å². The molecule has 2 rings (SSSR count). The Morgan fingerprint density at radius 2 is 1.80 bits per heavy atom. The number of nitrogens with one attached hydrogen (secondary N) is 1. The van der Waals surface area contributed by atoms with Crippen molar-refractivity contribution in [3.8, 4) is 5.75 Å². The molecule has 0 fully saturated rings. The molecule has 130 valence electrons. The molecule has 1 N–H and O–H groups in total. The summed E-state index contributed by atoms with van der Waals surface area (Å²) in [5.41, 5.74) is 2.32. The van der Waals surface area contributed by atoms with Crippen LogP contribution in [0.2, 0.25) is 0 Å². The van der Waals surface area contributed by atoms with Gasteiger partial charge in [-0.15, -0.1) is 0 Å². The van der Waals surface area contributed by atoms with Crippen LogP contribution in [-0.2, 0) is 4.74 Å². The zero-order chi connectivity index (χ0) is 18.2. The molecule has 0 aromatic heterocycles. The van der Waals surface area contributed by atoms with Crippen LogP contribution in [0.5, 0.6) is 5.75 Å². The molecule has 0 saturated heterocycles. The molecule has 0 bridgehead atoms. The topological polar surface area (TPSA) is 64.6 Å². The SMILES string of the molecule is C=CCOc1ccc(C(=O)Nc2cc(C(=O)OCC)ccc2C)cc1. The summed E-state index contributed by atoms with van der Waals surface area (Å²) in [7, 11) is 0. The number of hydrogen-bond donors (Lipinski definition) is 1. The molecule has 0 aliphatic heterocycles. The van der Waals surface area contributed by atoms with E-state index >= 15 is 0 Å². The maximum Gasteiger partial charge on any atom is 0.338 e. The van der Waals surface area contributed by atoms with E-state index in [1.807, 2.05) is 6.92 Å². The minimum atomic E-state index is -0.415. The van der Waals surface area contributed by atoms with E-state index in [2.05, 4.69) is 11.9 Å². The molecule has 0 spiro atoms. The van der Waals surface area contributed by atoms with Crippen molar-refractivity contribution < 1.29 is 19.1 Å². The first-order valence-electron chi connectivity index (χ1n) is 7.98. The quantitative estimate of drug-likeness (QED) is 0.612. The lowest BCUT2D eigenvalue weighted by atomic mass is 10.1. The predicted molar refractivity (Wildman–Crippen MR) is 97.2 cm³/mol. The van der Waals surface area contributed by atoms with Gasteiger partial charge in [0.05, 0.1) is 12.2 Å². The van der Waals surface area contributed by atoms with Gasteiger partial charge in [0, 0.05) is 11.3 Å². The van der Waals surface area contributed by atoms with Crippen LogP contribution >= 0.6 is 0 Å². The second kappa shape index (κ2) is 8.68. The van der Waals surface area contributed by atoms with E-state index in [9.17, 15) is 9.59 Å². The molecule has 0 saturated carbocycles. The van der Waals surface area contributed by atoms with Gasteiger partial charge in [-0.25, -0.2) is 4.79 Å². The van der Waals surface area contributed by atoms with Crippen molar-refractivity contribution in [1.82, 2.24) is 0 Å². The van der Waals surface area contributed by atoms with Gasteiger partial charge >= 0.3 is 5.97 Å². The molecular formula is C20H21NO4. The summed E-state index contributed by atoms with van der Waals surface area (Å²) in [4.78, 5) is 24.2. The van der Waals surface area contributed by atoms with E-state index in [1.165, 1.54) is 0 Å². The molecule has 25 heavy (non-hydrogen) atoms. The molecule has 0 aliphatic rings. The first-order chi connectivity index (χ1) is 12.0. The van der Waals surface area contributed by atoms with E-state index < -0.39 is 5.97 Å². The zero-order valence-corrected chi connectivity index (χ0v) is 14.4. The lowest BCUT2D eigenvalue weighted by Gasteiger charge is -2.11. The standard InChI is InChI=1S/C20H21NO4/c1-4-12-25-17-10-8-15(9-11-17)19(22)21-18-13-16(7-6-14(18)3)20(23)24-5-2/h4,6-11,13H,1,5,12H2,2-3H3,(H,21,22). The number of aryl methyl sites for hydroxylation is 1. The fourth-order valence-electron chi connectivity index (χ4n) is 2.15.